The molecule has 4 rings (SSSR count). The summed E-state index contributed by atoms with van der Waals surface area (Å²) in [7, 11) is 0. The van der Waals surface area contributed by atoms with Crippen LogP contribution < -0.4 is 5.32 Å². The number of carbonyl (C=O) groups is 1. The molecule has 140 valence electrons. The molecular formula is C19H15ClN6OS. The highest BCUT2D eigenvalue weighted by molar-refractivity contribution is 7.99. The lowest BCUT2D eigenvalue weighted by atomic mass is 10.3. The summed E-state index contributed by atoms with van der Waals surface area (Å²) in [5.41, 5.74) is 1.41. The second-order valence-electron chi connectivity index (χ2n) is 5.74. The summed E-state index contributed by atoms with van der Waals surface area (Å²) >= 11 is 7.38. The van der Waals surface area contributed by atoms with Crippen LogP contribution in [0, 0.1) is 0 Å². The minimum atomic E-state index is -0.178. The van der Waals surface area contributed by atoms with Crippen molar-refractivity contribution in [3.8, 4) is 11.4 Å². The van der Waals surface area contributed by atoms with Gasteiger partial charge in [0.1, 0.15) is 0 Å². The number of nitrogens with zero attached hydrogens (tertiary/aromatic N) is 5. The number of anilines is 1. The average molecular weight is 411 g/mol. The number of carbonyl (C=O) groups excluding carboxylic acids is 1. The Bertz CT molecular complexity index is 1080. The number of benzene rings is 1. The van der Waals surface area contributed by atoms with Crippen LogP contribution in [0.3, 0.4) is 0 Å². The van der Waals surface area contributed by atoms with Crippen LogP contribution >= 0.6 is 23.4 Å². The molecule has 1 amide bonds. The standard InChI is InChI=1S/C19H15ClN6OS/c20-15-7-1-2-8-16(15)22-17(27)13-28-19-24-23-18(14-6-5-9-21-12-14)26(19)25-10-3-4-11-25/h1-12H,13H2,(H,22,27). The molecule has 0 bridgehead atoms. The predicted molar refractivity (Wildman–Crippen MR) is 109 cm³/mol. The van der Waals surface area contributed by atoms with Crippen LogP contribution in [0.15, 0.2) is 78.5 Å². The van der Waals surface area contributed by atoms with Crippen LogP contribution in [0.2, 0.25) is 5.02 Å². The number of rotatable bonds is 6. The Morgan fingerprint density at radius 3 is 2.64 bits per heavy atom. The van der Waals surface area contributed by atoms with Crippen LogP contribution in [0.25, 0.3) is 11.4 Å². The van der Waals surface area contributed by atoms with Gasteiger partial charge in [-0.25, -0.2) is 4.68 Å². The molecule has 3 aromatic heterocycles. The highest BCUT2D eigenvalue weighted by atomic mass is 35.5. The quantitative estimate of drug-likeness (QED) is 0.489. The highest BCUT2D eigenvalue weighted by Crippen LogP contribution is 2.25. The number of thioether (sulfide) groups is 1. The molecule has 0 atom stereocenters. The van der Waals surface area contributed by atoms with Crippen molar-refractivity contribution in [3.05, 3.63) is 78.3 Å². The van der Waals surface area contributed by atoms with Gasteiger partial charge in [-0.15, -0.1) is 10.2 Å². The maximum absolute atomic E-state index is 12.3. The summed E-state index contributed by atoms with van der Waals surface area (Å²) in [6.45, 7) is 0. The zero-order valence-corrected chi connectivity index (χ0v) is 16.1. The van der Waals surface area contributed by atoms with Gasteiger partial charge in [0.15, 0.2) is 5.82 Å². The number of hydrogen-bond acceptors (Lipinski definition) is 5. The molecule has 7 nitrogen and oxygen atoms in total. The van der Waals surface area contributed by atoms with Gasteiger partial charge in [0.2, 0.25) is 11.1 Å². The Morgan fingerprint density at radius 2 is 1.89 bits per heavy atom. The summed E-state index contributed by atoms with van der Waals surface area (Å²) in [5.74, 6) is 0.624. The molecule has 28 heavy (non-hydrogen) atoms. The fourth-order valence-electron chi connectivity index (χ4n) is 2.58. The second kappa shape index (κ2) is 8.28. The highest BCUT2D eigenvalue weighted by Gasteiger charge is 2.17. The van der Waals surface area contributed by atoms with Crippen LogP contribution in [-0.2, 0) is 4.79 Å². The van der Waals surface area contributed by atoms with E-state index in [1.165, 1.54) is 11.8 Å². The molecule has 1 N–H and O–H groups in total. The second-order valence-corrected chi connectivity index (χ2v) is 7.09. The summed E-state index contributed by atoms with van der Waals surface area (Å²) in [6, 6.07) is 14.7. The largest absolute Gasteiger partial charge is 0.324 e. The van der Waals surface area contributed by atoms with Crippen LogP contribution in [0.5, 0.6) is 0 Å². The van der Waals surface area contributed by atoms with E-state index in [9.17, 15) is 4.79 Å². The van der Waals surface area contributed by atoms with E-state index in [4.69, 9.17) is 11.6 Å². The molecule has 3 heterocycles. The van der Waals surface area contributed by atoms with E-state index in [0.29, 0.717) is 21.7 Å². The monoisotopic (exact) mass is 410 g/mol. The first-order valence-corrected chi connectivity index (χ1v) is 9.75. The number of nitrogens with one attached hydrogen (secondary N) is 1. The van der Waals surface area contributed by atoms with Crippen LogP contribution in [0.4, 0.5) is 5.69 Å². The van der Waals surface area contributed by atoms with Gasteiger partial charge in [-0.05, 0) is 36.4 Å². The first kappa shape index (κ1) is 18.3. The van der Waals surface area contributed by atoms with E-state index < -0.39 is 0 Å². The fourth-order valence-corrected chi connectivity index (χ4v) is 3.49. The molecule has 9 heteroatoms. The summed E-state index contributed by atoms with van der Waals surface area (Å²) in [6.07, 6.45) is 7.20. The maximum atomic E-state index is 12.3. The van der Waals surface area contributed by atoms with Crippen LogP contribution in [-0.4, -0.2) is 36.2 Å². The van der Waals surface area contributed by atoms with E-state index in [2.05, 4.69) is 20.5 Å². The fraction of sp³-hybridized carbons (Fsp3) is 0.0526. The van der Waals surface area contributed by atoms with E-state index in [1.807, 2.05) is 58.1 Å². The van der Waals surface area contributed by atoms with Crippen molar-refractivity contribution in [1.29, 1.82) is 0 Å². The number of pyridine rings is 1. The van der Waals surface area contributed by atoms with Gasteiger partial charge in [0.05, 0.1) is 16.5 Å². The van der Waals surface area contributed by atoms with E-state index >= 15 is 0 Å². The topological polar surface area (TPSA) is 77.6 Å². The number of amides is 1. The third kappa shape index (κ3) is 3.92. The van der Waals surface area contributed by atoms with Crippen molar-refractivity contribution in [2.75, 3.05) is 11.1 Å². The number of hydrogen-bond donors (Lipinski definition) is 1. The Morgan fingerprint density at radius 1 is 1.07 bits per heavy atom. The Balaban J connectivity index is 1.56. The van der Waals surface area contributed by atoms with Gasteiger partial charge >= 0.3 is 0 Å². The molecule has 0 aliphatic carbocycles. The van der Waals surface area contributed by atoms with Crippen molar-refractivity contribution in [1.82, 2.24) is 24.5 Å². The lowest BCUT2D eigenvalue weighted by Crippen LogP contribution is -2.16. The first-order chi connectivity index (χ1) is 13.7. The van der Waals surface area contributed by atoms with Gasteiger partial charge in [-0.2, -0.15) is 0 Å². The average Bonchev–Trinajstić information content (AvgIpc) is 3.38. The molecule has 0 saturated heterocycles. The molecule has 0 radical (unpaired) electrons. The molecule has 0 aliphatic rings. The van der Waals surface area contributed by atoms with Gasteiger partial charge in [0, 0.05) is 30.4 Å². The first-order valence-electron chi connectivity index (χ1n) is 8.39. The third-order valence-electron chi connectivity index (χ3n) is 3.83. The molecule has 0 aliphatic heterocycles. The summed E-state index contributed by atoms with van der Waals surface area (Å²) < 4.78 is 3.70. The number of halogens is 1. The smallest absolute Gasteiger partial charge is 0.234 e. The van der Waals surface area contributed by atoms with Crippen molar-refractivity contribution in [2.45, 2.75) is 5.16 Å². The number of aromatic nitrogens is 5. The minimum absolute atomic E-state index is 0.164. The Kier molecular flexibility index (Phi) is 5.41. The minimum Gasteiger partial charge on any atom is -0.324 e. The van der Waals surface area contributed by atoms with Crippen LogP contribution in [0.1, 0.15) is 0 Å². The van der Waals surface area contributed by atoms with Crippen molar-refractivity contribution in [3.63, 3.8) is 0 Å². The van der Waals surface area contributed by atoms with Gasteiger partial charge in [-0.3, -0.25) is 14.5 Å². The van der Waals surface area contributed by atoms with Crippen molar-refractivity contribution in [2.24, 2.45) is 0 Å². The molecule has 0 spiro atoms. The molecule has 4 aromatic rings. The van der Waals surface area contributed by atoms with Gasteiger partial charge in [0.25, 0.3) is 0 Å². The summed E-state index contributed by atoms with van der Waals surface area (Å²) in [5, 5.41) is 12.5. The third-order valence-corrected chi connectivity index (χ3v) is 5.08. The van der Waals surface area contributed by atoms with E-state index in [-0.39, 0.29) is 11.7 Å². The van der Waals surface area contributed by atoms with E-state index in [0.717, 1.165) is 5.56 Å². The van der Waals surface area contributed by atoms with E-state index in [1.54, 1.807) is 24.5 Å². The van der Waals surface area contributed by atoms with Crippen molar-refractivity contribution >= 4 is 35.0 Å². The SMILES string of the molecule is O=C(CSc1nnc(-c2cccnc2)n1-n1cccc1)Nc1ccccc1Cl. The Hall–Kier alpha value is -3.10. The van der Waals surface area contributed by atoms with Gasteiger partial charge < -0.3 is 5.32 Å². The molecule has 0 unspecified atom stereocenters. The Labute approximate surface area is 170 Å². The normalized spacial score (nSPS) is 10.8. The lowest BCUT2D eigenvalue weighted by Gasteiger charge is -2.11. The maximum Gasteiger partial charge on any atom is 0.234 e. The van der Waals surface area contributed by atoms with Crippen molar-refractivity contribution < 1.29 is 4.79 Å². The molecule has 0 fully saturated rings. The molecule has 1 aromatic carbocycles. The zero-order valence-electron chi connectivity index (χ0n) is 14.6. The van der Waals surface area contributed by atoms with Gasteiger partial charge in [-0.1, -0.05) is 35.5 Å². The molecule has 0 saturated carbocycles. The number of para-hydroxylation sites is 1. The predicted octanol–water partition coefficient (Wildman–Crippen LogP) is 3.84. The summed E-state index contributed by atoms with van der Waals surface area (Å²) in [4.78, 5) is 16.5. The zero-order chi connectivity index (χ0) is 19.3. The lowest BCUT2D eigenvalue weighted by molar-refractivity contribution is -0.113. The molecular weight excluding hydrogens is 396 g/mol.